The van der Waals surface area contributed by atoms with E-state index in [9.17, 15) is 14.3 Å². The van der Waals surface area contributed by atoms with Crippen molar-refractivity contribution >= 4 is 13.8 Å². The first kappa shape index (κ1) is 57.7. The molecule has 0 amide bonds. The average molecular weight is 860 g/mol. The summed E-state index contributed by atoms with van der Waals surface area (Å²) in [7, 11) is -4.29. The van der Waals surface area contributed by atoms with E-state index < -0.39 is 13.9 Å². The molecule has 0 spiro atoms. The van der Waals surface area contributed by atoms with Gasteiger partial charge in [-0.25, -0.2) is 4.57 Å². The normalized spacial score (nSPS) is 14.1. The Morgan fingerprint density at radius 3 is 1.40 bits per heavy atom. The van der Waals surface area contributed by atoms with Gasteiger partial charge < -0.3 is 20.1 Å². The van der Waals surface area contributed by atoms with Gasteiger partial charge in [-0.1, -0.05) is 182 Å². The number of hydrogen-bond acceptors (Lipinski definition) is 7. The molecule has 0 heterocycles. The van der Waals surface area contributed by atoms with Crippen molar-refractivity contribution in [2.24, 2.45) is 5.73 Å². The minimum absolute atomic E-state index is 0.0932. The second-order valence-corrected chi connectivity index (χ2v) is 17.0. The number of phosphoric ester groups is 1. The van der Waals surface area contributed by atoms with Gasteiger partial charge in [0, 0.05) is 19.6 Å². The molecule has 0 aromatic rings. The lowest BCUT2D eigenvalue weighted by atomic mass is 10.1. The maximum absolute atomic E-state index is 12.6. The molecule has 0 bridgehead atoms. The number of phosphoric acid groups is 1. The van der Waals surface area contributed by atoms with Crippen molar-refractivity contribution in [3.8, 4) is 0 Å². The van der Waals surface area contributed by atoms with E-state index in [1.807, 2.05) is 0 Å². The van der Waals surface area contributed by atoms with E-state index in [4.69, 9.17) is 24.3 Å². The molecule has 0 radical (unpaired) electrons. The molecule has 0 aliphatic heterocycles. The summed E-state index contributed by atoms with van der Waals surface area (Å²) in [6.07, 6.45) is 61.7. The summed E-state index contributed by atoms with van der Waals surface area (Å²) in [6, 6.07) is 0. The van der Waals surface area contributed by atoms with Crippen LogP contribution in [-0.2, 0) is 27.9 Å². The molecule has 8 nitrogen and oxygen atoms in total. The quantitative estimate of drug-likeness (QED) is 0.0269. The highest BCUT2D eigenvalue weighted by Gasteiger charge is 2.25. The zero-order valence-corrected chi connectivity index (χ0v) is 39.3. The summed E-state index contributed by atoms with van der Waals surface area (Å²) in [5.41, 5.74) is 5.38. The van der Waals surface area contributed by atoms with Crippen molar-refractivity contribution in [1.29, 1.82) is 0 Å². The molecular formula is C51H90NO7P. The first-order valence-corrected chi connectivity index (χ1v) is 25.6. The molecule has 346 valence electrons. The van der Waals surface area contributed by atoms with E-state index in [1.54, 1.807) is 0 Å². The Labute approximate surface area is 368 Å². The van der Waals surface area contributed by atoms with Crippen LogP contribution in [0.3, 0.4) is 0 Å². The van der Waals surface area contributed by atoms with Gasteiger partial charge in [-0.15, -0.1) is 0 Å². The summed E-state index contributed by atoms with van der Waals surface area (Å²) >= 11 is 0. The monoisotopic (exact) mass is 860 g/mol. The molecule has 0 aromatic heterocycles. The maximum atomic E-state index is 12.6. The van der Waals surface area contributed by atoms with Crippen LogP contribution in [0.1, 0.15) is 194 Å². The van der Waals surface area contributed by atoms with Crippen molar-refractivity contribution in [2.45, 2.75) is 200 Å². The molecule has 2 unspecified atom stereocenters. The Kier molecular flexibility index (Phi) is 45.9. The summed E-state index contributed by atoms with van der Waals surface area (Å²) in [5.74, 6) is -0.344. The second kappa shape index (κ2) is 47.7. The first-order chi connectivity index (χ1) is 29.4. The van der Waals surface area contributed by atoms with Crippen LogP contribution in [0.4, 0.5) is 0 Å². The lowest BCUT2D eigenvalue weighted by Gasteiger charge is -2.20. The zero-order chi connectivity index (χ0) is 43.7. The highest BCUT2D eigenvalue weighted by Crippen LogP contribution is 2.43. The van der Waals surface area contributed by atoms with Gasteiger partial charge in [-0.05, 0) is 89.9 Å². The Morgan fingerprint density at radius 1 is 0.517 bits per heavy atom. The average Bonchev–Trinajstić information content (AvgIpc) is 3.24. The molecule has 2 atom stereocenters. The number of carbonyl (C=O) groups excluding carboxylic acids is 1. The number of unbranched alkanes of at least 4 members (excludes halogenated alkanes) is 18. The summed E-state index contributed by atoms with van der Waals surface area (Å²) in [4.78, 5) is 22.5. The smallest absolute Gasteiger partial charge is 0.457 e. The van der Waals surface area contributed by atoms with Crippen LogP contribution in [0.15, 0.2) is 85.1 Å². The summed E-state index contributed by atoms with van der Waals surface area (Å²) in [5, 5.41) is 0. The minimum atomic E-state index is -4.29. The molecule has 0 aliphatic carbocycles. The van der Waals surface area contributed by atoms with Crippen molar-refractivity contribution in [2.75, 3.05) is 33.0 Å². The Morgan fingerprint density at radius 2 is 0.933 bits per heavy atom. The summed E-state index contributed by atoms with van der Waals surface area (Å²) < 4.78 is 33.5. The van der Waals surface area contributed by atoms with Crippen molar-refractivity contribution in [3.05, 3.63) is 85.1 Å². The fourth-order valence-electron chi connectivity index (χ4n) is 6.29. The van der Waals surface area contributed by atoms with Crippen LogP contribution in [-0.4, -0.2) is 49.9 Å². The lowest BCUT2D eigenvalue weighted by Crippen LogP contribution is -2.28. The molecule has 0 saturated heterocycles. The number of rotatable bonds is 45. The summed E-state index contributed by atoms with van der Waals surface area (Å²) in [6.45, 7) is 4.74. The standard InChI is InChI=1S/C51H90NO7P/c1-3-5-7-9-11-13-15-17-19-21-22-23-24-25-26-27-29-31-33-35-37-39-41-43-46-56-48-50(49-58-60(54,55)57-47-45-52)59-51(53)44-42-40-38-36-34-32-30-28-20-18-16-14-12-10-8-6-4-2/h5,7,11-14,17-20,22-23,25-26,50H,3-4,6,8-10,15-16,21,24,27-49,52H2,1-2H3,(H,54,55)/b7-5-,13-11-,14-12-,19-17-,20-18-,23-22-,26-25-. The third-order valence-corrected chi connectivity index (χ3v) is 10.8. The molecule has 3 N–H and O–H groups in total. The molecule has 0 aromatic carbocycles. The highest BCUT2D eigenvalue weighted by atomic mass is 31.2. The van der Waals surface area contributed by atoms with Gasteiger partial charge in [0.05, 0.1) is 19.8 Å². The SMILES string of the molecule is CC/C=C\C/C=C\C/C=C\C/C=C\C/C=C\CCCCCCCCCCOCC(COP(=O)(O)OCCN)OC(=O)CCCCCCCCC/C=C\C/C=C\CCCCC. The first-order valence-electron chi connectivity index (χ1n) is 24.1. The van der Waals surface area contributed by atoms with Crippen LogP contribution >= 0.6 is 7.82 Å². The van der Waals surface area contributed by atoms with E-state index in [-0.39, 0.29) is 32.3 Å². The van der Waals surface area contributed by atoms with E-state index in [1.165, 1.54) is 89.9 Å². The largest absolute Gasteiger partial charge is 0.472 e. The molecule has 0 rings (SSSR count). The maximum Gasteiger partial charge on any atom is 0.472 e. The molecule has 9 heteroatoms. The van der Waals surface area contributed by atoms with Crippen molar-refractivity contribution in [3.63, 3.8) is 0 Å². The van der Waals surface area contributed by atoms with E-state index in [0.717, 1.165) is 83.5 Å². The van der Waals surface area contributed by atoms with Gasteiger partial charge in [-0.3, -0.25) is 13.8 Å². The number of esters is 1. The Hall–Kier alpha value is -2.32. The highest BCUT2D eigenvalue weighted by molar-refractivity contribution is 7.47. The fourth-order valence-corrected chi connectivity index (χ4v) is 7.05. The number of carbonyl (C=O) groups is 1. The number of ether oxygens (including phenoxy) is 2. The van der Waals surface area contributed by atoms with E-state index in [2.05, 4.69) is 98.9 Å². The number of nitrogens with two attached hydrogens (primary N) is 1. The van der Waals surface area contributed by atoms with Gasteiger partial charge in [0.15, 0.2) is 0 Å². The van der Waals surface area contributed by atoms with Gasteiger partial charge in [-0.2, -0.15) is 0 Å². The van der Waals surface area contributed by atoms with Crippen LogP contribution < -0.4 is 5.73 Å². The molecular weight excluding hydrogens is 770 g/mol. The van der Waals surface area contributed by atoms with Crippen LogP contribution in [0.5, 0.6) is 0 Å². The van der Waals surface area contributed by atoms with Crippen molar-refractivity contribution < 1.29 is 32.8 Å². The topological polar surface area (TPSA) is 117 Å². The molecule has 60 heavy (non-hydrogen) atoms. The van der Waals surface area contributed by atoms with Crippen LogP contribution in [0.25, 0.3) is 0 Å². The van der Waals surface area contributed by atoms with E-state index in [0.29, 0.717) is 13.0 Å². The second-order valence-electron chi connectivity index (χ2n) is 15.6. The van der Waals surface area contributed by atoms with Crippen LogP contribution in [0.2, 0.25) is 0 Å². The van der Waals surface area contributed by atoms with Gasteiger partial charge in [0.2, 0.25) is 0 Å². The zero-order valence-electron chi connectivity index (χ0n) is 38.4. The van der Waals surface area contributed by atoms with Gasteiger partial charge in [0.25, 0.3) is 0 Å². The minimum Gasteiger partial charge on any atom is -0.457 e. The molecule has 0 aliphatic rings. The Bertz CT molecular complexity index is 1190. The predicted octanol–water partition coefficient (Wildman–Crippen LogP) is 14.9. The van der Waals surface area contributed by atoms with E-state index >= 15 is 0 Å². The fraction of sp³-hybridized carbons (Fsp3) is 0.706. The van der Waals surface area contributed by atoms with Crippen LogP contribution in [0, 0.1) is 0 Å². The van der Waals surface area contributed by atoms with Crippen molar-refractivity contribution in [1.82, 2.24) is 0 Å². The lowest BCUT2D eigenvalue weighted by molar-refractivity contribution is -0.154. The molecule has 0 fully saturated rings. The van der Waals surface area contributed by atoms with Gasteiger partial charge in [0.1, 0.15) is 6.10 Å². The molecule has 0 saturated carbocycles. The van der Waals surface area contributed by atoms with Gasteiger partial charge >= 0.3 is 13.8 Å². The number of allylic oxidation sites excluding steroid dienone is 14. The third-order valence-electron chi connectivity index (χ3n) is 9.80. The third kappa shape index (κ3) is 46.7. The predicted molar refractivity (Wildman–Crippen MR) is 256 cm³/mol. The Balaban J connectivity index is 4.02. The number of hydrogen-bond donors (Lipinski definition) is 2.